The van der Waals surface area contributed by atoms with E-state index in [0.29, 0.717) is 13.2 Å². The van der Waals surface area contributed by atoms with Crippen molar-refractivity contribution in [2.45, 2.75) is 18.6 Å². The van der Waals surface area contributed by atoms with Crippen molar-refractivity contribution in [1.82, 2.24) is 5.32 Å². The average molecular weight is 225 g/mol. The summed E-state index contributed by atoms with van der Waals surface area (Å²) in [7, 11) is 0. The Hall–Kier alpha value is -0.970. The Labute approximate surface area is 94.2 Å². The molecule has 1 aromatic rings. The van der Waals surface area contributed by atoms with Gasteiger partial charge in [-0.2, -0.15) is 0 Å². The van der Waals surface area contributed by atoms with Crippen LogP contribution in [0.1, 0.15) is 5.56 Å². The molecule has 1 aromatic carbocycles. The maximum absolute atomic E-state index is 12.6. The summed E-state index contributed by atoms with van der Waals surface area (Å²) in [5.41, 5.74) is 1.09. The molecule has 0 amide bonds. The van der Waals surface area contributed by atoms with Crippen molar-refractivity contribution in [3.05, 3.63) is 35.6 Å². The van der Waals surface area contributed by atoms with E-state index < -0.39 is 6.10 Å². The lowest BCUT2D eigenvalue weighted by atomic mass is 10.1. The van der Waals surface area contributed by atoms with E-state index in [1.165, 1.54) is 12.1 Å². The summed E-state index contributed by atoms with van der Waals surface area (Å²) >= 11 is 0. The number of ether oxygens (including phenoxy) is 1. The van der Waals surface area contributed by atoms with E-state index in [-0.39, 0.29) is 11.9 Å². The summed E-state index contributed by atoms with van der Waals surface area (Å²) in [5.74, 6) is -0.212. The van der Waals surface area contributed by atoms with E-state index >= 15 is 0 Å². The summed E-state index contributed by atoms with van der Waals surface area (Å²) in [6, 6.07) is 6.50. The maximum Gasteiger partial charge on any atom is 0.123 e. The van der Waals surface area contributed by atoms with Crippen molar-refractivity contribution < 1.29 is 14.2 Å². The first-order valence-electron chi connectivity index (χ1n) is 5.49. The lowest BCUT2D eigenvalue weighted by molar-refractivity contribution is 0.122. The normalized spacial score (nSPS) is 24.9. The molecule has 0 aliphatic carbocycles. The molecular weight excluding hydrogens is 209 g/mol. The smallest absolute Gasteiger partial charge is 0.123 e. The fourth-order valence-electron chi connectivity index (χ4n) is 1.79. The van der Waals surface area contributed by atoms with Gasteiger partial charge < -0.3 is 15.2 Å². The van der Waals surface area contributed by atoms with Gasteiger partial charge >= 0.3 is 0 Å². The lowest BCUT2D eigenvalue weighted by Gasteiger charge is -2.14. The summed E-state index contributed by atoms with van der Waals surface area (Å²) in [4.78, 5) is 0. The summed E-state index contributed by atoms with van der Waals surface area (Å²) in [6.07, 6.45) is 0.414. The van der Waals surface area contributed by atoms with E-state index in [9.17, 15) is 9.50 Å². The molecule has 4 heteroatoms. The standard InChI is InChI=1S/C12H16FNO2/c13-10-3-1-9(2-4-10)5-6-14-11-7-16-8-12(11)15/h1-4,11-12,14-15H,5-8H2. The molecule has 2 atom stereocenters. The van der Waals surface area contributed by atoms with Crippen LogP contribution in [0.5, 0.6) is 0 Å². The van der Waals surface area contributed by atoms with Crippen molar-refractivity contribution in [1.29, 1.82) is 0 Å². The Morgan fingerprint density at radius 2 is 2.06 bits per heavy atom. The predicted octanol–water partition coefficient (Wildman–Crippen LogP) is 0.717. The first-order chi connectivity index (χ1) is 7.75. The van der Waals surface area contributed by atoms with Gasteiger partial charge in [-0.15, -0.1) is 0 Å². The van der Waals surface area contributed by atoms with Gasteiger partial charge in [0.2, 0.25) is 0 Å². The van der Waals surface area contributed by atoms with E-state index in [2.05, 4.69) is 5.32 Å². The molecule has 2 rings (SSSR count). The summed E-state index contributed by atoms with van der Waals surface area (Å²) in [6.45, 7) is 1.73. The predicted molar refractivity (Wildman–Crippen MR) is 58.7 cm³/mol. The number of rotatable bonds is 4. The average Bonchev–Trinajstić information content (AvgIpc) is 2.68. The number of hydrogen-bond donors (Lipinski definition) is 2. The molecule has 1 fully saturated rings. The molecule has 0 aromatic heterocycles. The molecule has 16 heavy (non-hydrogen) atoms. The Morgan fingerprint density at radius 1 is 1.31 bits per heavy atom. The van der Waals surface area contributed by atoms with Crippen LogP contribution in [0, 0.1) is 5.82 Å². The molecular formula is C12H16FNO2. The number of aliphatic hydroxyl groups excluding tert-OH is 1. The molecule has 0 bridgehead atoms. The second-order valence-corrected chi connectivity index (χ2v) is 4.04. The zero-order valence-electron chi connectivity index (χ0n) is 9.03. The minimum atomic E-state index is -0.409. The third-order valence-corrected chi connectivity index (χ3v) is 2.78. The van der Waals surface area contributed by atoms with Gasteiger partial charge in [0.15, 0.2) is 0 Å². The fraction of sp³-hybridized carbons (Fsp3) is 0.500. The molecule has 88 valence electrons. The second kappa shape index (κ2) is 5.39. The Morgan fingerprint density at radius 3 is 2.69 bits per heavy atom. The van der Waals surface area contributed by atoms with Crippen molar-refractivity contribution in [2.24, 2.45) is 0 Å². The van der Waals surface area contributed by atoms with Gasteiger partial charge in [-0.3, -0.25) is 0 Å². The lowest BCUT2D eigenvalue weighted by Crippen LogP contribution is -2.39. The minimum Gasteiger partial charge on any atom is -0.389 e. The van der Waals surface area contributed by atoms with Crippen molar-refractivity contribution >= 4 is 0 Å². The number of hydrogen-bond acceptors (Lipinski definition) is 3. The number of benzene rings is 1. The SMILES string of the molecule is OC1COCC1NCCc1ccc(F)cc1. The van der Waals surface area contributed by atoms with Crippen LogP contribution in [0.15, 0.2) is 24.3 Å². The van der Waals surface area contributed by atoms with E-state index in [1.54, 1.807) is 12.1 Å². The van der Waals surface area contributed by atoms with Gasteiger partial charge in [0.05, 0.1) is 25.4 Å². The van der Waals surface area contributed by atoms with Gasteiger partial charge in [0, 0.05) is 0 Å². The van der Waals surface area contributed by atoms with Gasteiger partial charge in [0.25, 0.3) is 0 Å². The number of aliphatic hydroxyl groups is 1. The highest BCUT2D eigenvalue weighted by Gasteiger charge is 2.24. The van der Waals surface area contributed by atoms with Crippen LogP contribution in [0.2, 0.25) is 0 Å². The molecule has 1 saturated heterocycles. The zero-order valence-corrected chi connectivity index (χ0v) is 9.03. The number of halogens is 1. The highest BCUT2D eigenvalue weighted by atomic mass is 19.1. The van der Waals surface area contributed by atoms with E-state index in [4.69, 9.17) is 4.74 Å². The highest BCUT2D eigenvalue weighted by Crippen LogP contribution is 2.06. The van der Waals surface area contributed by atoms with Gasteiger partial charge in [-0.05, 0) is 30.7 Å². The largest absolute Gasteiger partial charge is 0.389 e. The summed E-state index contributed by atoms with van der Waals surface area (Å²) in [5, 5.41) is 12.7. The van der Waals surface area contributed by atoms with Crippen molar-refractivity contribution in [3.63, 3.8) is 0 Å². The van der Waals surface area contributed by atoms with Crippen LogP contribution in [0.3, 0.4) is 0 Å². The monoisotopic (exact) mass is 225 g/mol. The molecule has 1 aliphatic rings. The van der Waals surface area contributed by atoms with Crippen LogP contribution in [0.25, 0.3) is 0 Å². The quantitative estimate of drug-likeness (QED) is 0.793. The van der Waals surface area contributed by atoms with Gasteiger partial charge in [0.1, 0.15) is 5.82 Å². The summed E-state index contributed by atoms with van der Waals surface area (Å²) < 4.78 is 17.8. The van der Waals surface area contributed by atoms with Crippen LogP contribution < -0.4 is 5.32 Å². The van der Waals surface area contributed by atoms with E-state index in [1.807, 2.05) is 0 Å². The third kappa shape index (κ3) is 3.01. The topological polar surface area (TPSA) is 41.5 Å². The molecule has 0 spiro atoms. The van der Waals surface area contributed by atoms with E-state index in [0.717, 1.165) is 18.5 Å². The molecule has 3 nitrogen and oxygen atoms in total. The third-order valence-electron chi connectivity index (χ3n) is 2.78. The molecule has 2 N–H and O–H groups in total. The fourth-order valence-corrected chi connectivity index (χ4v) is 1.79. The Kier molecular flexibility index (Phi) is 3.88. The maximum atomic E-state index is 12.6. The number of nitrogens with one attached hydrogen (secondary N) is 1. The molecule has 0 saturated carbocycles. The van der Waals surface area contributed by atoms with Crippen LogP contribution in [0.4, 0.5) is 4.39 Å². The minimum absolute atomic E-state index is 0.0282. The molecule has 0 radical (unpaired) electrons. The second-order valence-electron chi connectivity index (χ2n) is 4.04. The zero-order chi connectivity index (χ0) is 11.4. The molecule has 1 aliphatic heterocycles. The van der Waals surface area contributed by atoms with Crippen LogP contribution >= 0.6 is 0 Å². The van der Waals surface area contributed by atoms with Gasteiger partial charge in [-0.1, -0.05) is 12.1 Å². The van der Waals surface area contributed by atoms with Crippen molar-refractivity contribution in [2.75, 3.05) is 19.8 Å². The van der Waals surface area contributed by atoms with Gasteiger partial charge in [-0.25, -0.2) is 4.39 Å². The first-order valence-corrected chi connectivity index (χ1v) is 5.49. The van der Waals surface area contributed by atoms with Crippen LogP contribution in [-0.2, 0) is 11.2 Å². The Balaban J connectivity index is 1.73. The first kappa shape index (κ1) is 11.5. The highest BCUT2D eigenvalue weighted by molar-refractivity contribution is 5.16. The van der Waals surface area contributed by atoms with Crippen molar-refractivity contribution in [3.8, 4) is 0 Å². The Bertz CT molecular complexity index is 328. The molecule has 2 unspecified atom stereocenters. The van der Waals surface area contributed by atoms with Crippen LogP contribution in [-0.4, -0.2) is 37.0 Å². The molecule has 1 heterocycles.